The summed E-state index contributed by atoms with van der Waals surface area (Å²) in [5.41, 5.74) is 5.79. The number of rotatable bonds is 4. The molecule has 0 aromatic carbocycles. The van der Waals surface area contributed by atoms with Crippen LogP contribution in [0.2, 0.25) is 18.1 Å². The topological polar surface area (TPSA) is 74.2 Å². The molecule has 6 heteroatoms. The number of nitrogens with two attached hydrogens (primary N) is 1. The van der Waals surface area contributed by atoms with E-state index in [1.165, 1.54) is 0 Å². The van der Waals surface area contributed by atoms with Crippen LogP contribution in [0.4, 0.5) is 0 Å². The van der Waals surface area contributed by atoms with Gasteiger partial charge in [0.05, 0.1) is 0 Å². The lowest BCUT2D eigenvalue weighted by Gasteiger charge is -2.37. The summed E-state index contributed by atoms with van der Waals surface area (Å²) in [5, 5.41) is 8.47. The highest BCUT2D eigenvalue weighted by Gasteiger charge is 2.40. The minimum absolute atomic E-state index is 0.147. The fourth-order valence-electron chi connectivity index (χ4n) is 2.11. The van der Waals surface area contributed by atoms with Gasteiger partial charge in [0, 0.05) is 12.0 Å². The van der Waals surface area contributed by atoms with Gasteiger partial charge in [0.2, 0.25) is 11.8 Å². The molecule has 20 heavy (non-hydrogen) atoms. The molecule has 5 nitrogen and oxygen atoms in total. The zero-order chi connectivity index (χ0) is 15.1. The molecule has 1 atom stereocenters. The molecule has 1 heterocycles. The summed E-state index contributed by atoms with van der Waals surface area (Å²) in [6, 6.07) is 0.288. The molecule has 1 saturated carbocycles. The maximum atomic E-state index is 6.27. The Hall–Kier alpha value is -0.723. The highest BCUT2D eigenvalue weighted by Crippen LogP contribution is 2.40. The second-order valence-corrected chi connectivity index (χ2v) is 12.2. The van der Waals surface area contributed by atoms with Gasteiger partial charge in [-0.1, -0.05) is 20.8 Å². The average Bonchev–Trinajstić information content (AvgIpc) is 2.71. The van der Waals surface area contributed by atoms with Gasteiger partial charge < -0.3 is 14.6 Å². The van der Waals surface area contributed by atoms with Crippen molar-refractivity contribution in [2.75, 3.05) is 0 Å². The normalized spacial score (nSPS) is 25.4. The van der Waals surface area contributed by atoms with Gasteiger partial charge in [0.15, 0.2) is 8.32 Å². The first kappa shape index (κ1) is 15.7. The molecule has 0 radical (unpaired) electrons. The lowest BCUT2D eigenvalue weighted by molar-refractivity contribution is 0.162. The molecule has 1 aliphatic carbocycles. The summed E-state index contributed by atoms with van der Waals surface area (Å²) in [4.78, 5) is 0. The van der Waals surface area contributed by atoms with Crippen LogP contribution in [0.5, 0.6) is 0 Å². The molecule has 114 valence electrons. The van der Waals surface area contributed by atoms with Crippen LogP contribution < -0.4 is 5.73 Å². The van der Waals surface area contributed by atoms with Gasteiger partial charge in [-0.05, 0) is 37.9 Å². The van der Waals surface area contributed by atoms with Crippen molar-refractivity contribution < 1.29 is 8.84 Å². The minimum atomic E-state index is -1.82. The Morgan fingerprint density at radius 1 is 1.30 bits per heavy atom. The molecule has 1 fully saturated rings. The molecule has 0 saturated heterocycles. The lowest BCUT2D eigenvalue weighted by Crippen LogP contribution is -2.41. The molecule has 2 rings (SSSR count). The Morgan fingerprint density at radius 2 is 1.90 bits per heavy atom. The van der Waals surface area contributed by atoms with E-state index < -0.39 is 8.32 Å². The highest BCUT2D eigenvalue weighted by atomic mass is 28.4. The first-order chi connectivity index (χ1) is 9.10. The van der Waals surface area contributed by atoms with Crippen molar-refractivity contribution in [1.82, 2.24) is 10.2 Å². The van der Waals surface area contributed by atoms with Gasteiger partial charge in [-0.25, -0.2) is 0 Å². The van der Waals surface area contributed by atoms with E-state index in [2.05, 4.69) is 44.1 Å². The zero-order valence-electron chi connectivity index (χ0n) is 13.4. The van der Waals surface area contributed by atoms with Crippen LogP contribution in [-0.4, -0.2) is 24.6 Å². The molecule has 1 aliphatic rings. The summed E-state index contributed by atoms with van der Waals surface area (Å²) in [6.45, 7) is 13.1. The Kier molecular flexibility index (Phi) is 4.10. The summed E-state index contributed by atoms with van der Waals surface area (Å²) in [7, 11) is -1.82. The largest absolute Gasteiger partial charge is 0.422 e. The molecule has 2 N–H and O–H groups in total. The predicted molar refractivity (Wildman–Crippen MR) is 80.9 cm³/mol. The molecule has 1 aromatic heterocycles. The van der Waals surface area contributed by atoms with Crippen LogP contribution in [0.15, 0.2) is 4.42 Å². The van der Waals surface area contributed by atoms with Crippen molar-refractivity contribution in [3.05, 3.63) is 11.8 Å². The SMILES string of the molecule is C[C@@H](O[Si](C)(C)C(C)(C)C)c1nnc(C2CC(N)C2)o1. The maximum absolute atomic E-state index is 6.27. The number of aromatic nitrogens is 2. The third-order valence-electron chi connectivity index (χ3n) is 4.61. The van der Waals surface area contributed by atoms with Crippen molar-refractivity contribution in [2.24, 2.45) is 5.73 Å². The van der Waals surface area contributed by atoms with Gasteiger partial charge in [-0.3, -0.25) is 0 Å². The van der Waals surface area contributed by atoms with Crippen molar-refractivity contribution in [2.45, 2.75) is 76.7 Å². The highest BCUT2D eigenvalue weighted by molar-refractivity contribution is 6.74. The van der Waals surface area contributed by atoms with Crippen LogP contribution >= 0.6 is 0 Å². The first-order valence-electron chi connectivity index (χ1n) is 7.37. The lowest BCUT2D eigenvalue weighted by atomic mass is 9.81. The Labute approximate surface area is 122 Å². The van der Waals surface area contributed by atoms with E-state index in [1.54, 1.807) is 0 Å². The summed E-state index contributed by atoms with van der Waals surface area (Å²) in [5.74, 6) is 1.64. The fraction of sp³-hybridized carbons (Fsp3) is 0.857. The van der Waals surface area contributed by atoms with Crippen LogP contribution in [0.1, 0.15) is 64.3 Å². The molecular formula is C14H27N3O2Si. The first-order valence-corrected chi connectivity index (χ1v) is 10.3. The number of hydrogen-bond donors (Lipinski definition) is 1. The van der Waals surface area contributed by atoms with Gasteiger partial charge in [0.1, 0.15) is 6.10 Å². The molecule has 0 spiro atoms. The Bertz CT molecular complexity index is 461. The molecule has 0 amide bonds. The van der Waals surface area contributed by atoms with Crippen molar-refractivity contribution in [3.8, 4) is 0 Å². The maximum Gasteiger partial charge on any atom is 0.243 e. The standard InChI is InChI=1S/C14H27N3O2Si/c1-9(19-20(5,6)14(2,3)4)12-16-17-13(18-12)10-7-11(15)8-10/h9-11H,7-8,15H2,1-6H3/t9-,10?,11?/m1/s1. The molecule has 0 unspecified atom stereocenters. The summed E-state index contributed by atoms with van der Waals surface area (Å²) >= 11 is 0. The van der Waals surface area contributed by atoms with Crippen molar-refractivity contribution in [1.29, 1.82) is 0 Å². The molecule has 1 aromatic rings. The Morgan fingerprint density at radius 3 is 2.40 bits per heavy atom. The van der Waals surface area contributed by atoms with Crippen molar-refractivity contribution >= 4 is 8.32 Å². The van der Waals surface area contributed by atoms with E-state index >= 15 is 0 Å². The molecular weight excluding hydrogens is 270 g/mol. The van der Waals surface area contributed by atoms with Gasteiger partial charge in [-0.2, -0.15) is 0 Å². The predicted octanol–water partition coefficient (Wildman–Crippen LogP) is 3.36. The number of hydrogen-bond acceptors (Lipinski definition) is 5. The van der Waals surface area contributed by atoms with Gasteiger partial charge >= 0.3 is 0 Å². The van der Waals surface area contributed by atoms with E-state index in [1.807, 2.05) is 6.92 Å². The van der Waals surface area contributed by atoms with Crippen LogP contribution in [-0.2, 0) is 4.43 Å². The second kappa shape index (κ2) is 5.24. The van der Waals surface area contributed by atoms with Gasteiger partial charge in [-0.15, -0.1) is 10.2 Å². The van der Waals surface area contributed by atoms with Crippen molar-refractivity contribution in [3.63, 3.8) is 0 Å². The van der Waals surface area contributed by atoms with E-state index in [0.717, 1.165) is 12.8 Å². The Balaban J connectivity index is 2.01. The van der Waals surface area contributed by atoms with E-state index in [9.17, 15) is 0 Å². The monoisotopic (exact) mass is 297 g/mol. The van der Waals surface area contributed by atoms with E-state index in [-0.39, 0.29) is 17.2 Å². The quantitative estimate of drug-likeness (QED) is 0.863. The average molecular weight is 297 g/mol. The van der Waals surface area contributed by atoms with Gasteiger partial charge in [0.25, 0.3) is 0 Å². The molecule has 0 aliphatic heterocycles. The summed E-state index contributed by atoms with van der Waals surface area (Å²) < 4.78 is 12.0. The number of nitrogens with zero attached hydrogens (tertiary/aromatic N) is 2. The minimum Gasteiger partial charge on any atom is -0.422 e. The molecule has 0 bridgehead atoms. The fourth-order valence-corrected chi connectivity index (χ4v) is 3.45. The van der Waals surface area contributed by atoms with Crippen LogP contribution in [0, 0.1) is 0 Å². The third kappa shape index (κ3) is 3.12. The smallest absolute Gasteiger partial charge is 0.243 e. The van der Waals surface area contributed by atoms with Crippen LogP contribution in [0.25, 0.3) is 0 Å². The van der Waals surface area contributed by atoms with E-state index in [0.29, 0.717) is 17.7 Å². The van der Waals surface area contributed by atoms with E-state index in [4.69, 9.17) is 14.6 Å². The third-order valence-corrected chi connectivity index (χ3v) is 9.16. The summed E-state index contributed by atoms with van der Waals surface area (Å²) in [6.07, 6.45) is 1.74. The van der Waals surface area contributed by atoms with Crippen LogP contribution in [0.3, 0.4) is 0 Å². The zero-order valence-corrected chi connectivity index (χ0v) is 14.4. The second-order valence-electron chi connectivity index (χ2n) is 7.43.